The topological polar surface area (TPSA) is 101 Å². The molecule has 3 aromatic carbocycles. The van der Waals surface area contributed by atoms with E-state index >= 15 is 0 Å². The number of aromatic nitrogens is 1. The molecule has 4 aromatic rings. The van der Waals surface area contributed by atoms with Gasteiger partial charge in [0, 0.05) is 54.8 Å². The Kier molecular flexibility index (Phi) is 8.32. The van der Waals surface area contributed by atoms with Gasteiger partial charge in [0.15, 0.2) is 5.60 Å². The van der Waals surface area contributed by atoms with Crippen molar-refractivity contribution in [1.82, 2.24) is 15.2 Å². The number of nitro benzene ring substituents is 1. The number of carbonyl (C=O) groups is 1. The molecule has 0 saturated carbocycles. The summed E-state index contributed by atoms with van der Waals surface area (Å²) in [4.78, 5) is 32.7. The summed E-state index contributed by atoms with van der Waals surface area (Å²) in [7, 11) is 0. The normalized spacial score (nSPS) is 15.8. The quantitative estimate of drug-likeness (QED) is 0.127. The van der Waals surface area contributed by atoms with Gasteiger partial charge in [-0.3, -0.25) is 15.0 Å². The van der Waals surface area contributed by atoms with Gasteiger partial charge in [0.2, 0.25) is 0 Å². The molecule has 1 N–H and O–H groups in total. The van der Waals surface area contributed by atoms with E-state index in [0.29, 0.717) is 18.4 Å². The van der Waals surface area contributed by atoms with Crippen LogP contribution in [0.1, 0.15) is 30.4 Å². The first-order valence-corrected chi connectivity index (χ1v) is 14.9. The standard InChI is InChI=1S/C33H32F3N5O4/c34-33(35,36)22-37-31(42)45-32(27-9-3-1-7-25(27)26-8-2-4-10-28(26)32)15-5-6-16-39-17-19-40(20-18-39)30-14-11-23-21-24(41(43)44)12-13-29(23)38-30/h1-4,7-14,21H,5-6,15-20,22H2,(H,37,42). The zero-order chi connectivity index (χ0) is 31.6. The van der Waals surface area contributed by atoms with Gasteiger partial charge in [-0.15, -0.1) is 0 Å². The van der Waals surface area contributed by atoms with Gasteiger partial charge in [0.05, 0.1) is 10.4 Å². The first-order valence-electron chi connectivity index (χ1n) is 14.9. The lowest BCUT2D eigenvalue weighted by atomic mass is 9.86. The molecule has 1 aliphatic carbocycles. The number of hydrogen-bond donors (Lipinski definition) is 1. The number of rotatable bonds is 9. The van der Waals surface area contributed by atoms with E-state index in [-0.39, 0.29) is 5.69 Å². The van der Waals surface area contributed by atoms with Gasteiger partial charge in [-0.2, -0.15) is 13.2 Å². The van der Waals surface area contributed by atoms with Crippen molar-refractivity contribution < 1.29 is 27.6 Å². The second-order valence-electron chi connectivity index (χ2n) is 11.4. The van der Waals surface area contributed by atoms with E-state index in [4.69, 9.17) is 9.72 Å². The number of nitrogens with one attached hydrogen (secondary N) is 1. The molecular weight excluding hydrogens is 587 g/mol. The molecule has 2 heterocycles. The summed E-state index contributed by atoms with van der Waals surface area (Å²) in [5.41, 5.74) is 2.93. The van der Waals surface area contributed by atoms with Gasteiger partial charge in [0.1, 0.15) is 12.4 Å². The van der Waals surface area contributed by atoms with E-state index in [1.807, 2.05) is 66.0 Å². The van der Waals surface area contributed by atoms with Crippen molar-refractivity contribution in [2.45, 2.75) is 31.0 Å². The number of pyridine rings is 1. The van der Waals surface area contributed by atoms with Crippen LogP contribution in [0.5, 0.6) is 0 Å². The highest BCUT2D eigenvalue weighted by molar-refractivity contribution is 5.83. The number of hydrogen-bond acceptors (Lipinski definition) is 7. The zero-order valence-electron chi connectivity index (χ0n) is 24.4. The number of unbranched alkanes of at least 4 members (excludes halogenated alkanes) is 1. The first-order chi connectivity index (χ1) is 21.6. The summed E-state index contributed by atoms with van der Waals surface area (Å²) < 4.78 is 44.5. The molecule has 1 aromatic heterocycles. The van der Waals surface area contributed by atoms with Gasteiger partial charge in [0.25, 0.3) is 5.69 Å². The Bertz CT molecular complexity index is 1680. The molecule has 0 bridgehead atoms. The van der Waals surface area contributed by atoms with E-state index < -0.39 is 29.3 Å². The number of anilines is 1. The van der Waals surface area contributed by atoms with Crippen molar-refractivity contribution in [3.63, 3.8) is 0 Å². The lowest BCUT2D eigenvalue weighted by Gasteiger charge is -2.36. The highest BCUT2D eigenvalue weighted by Gasteiger charge is 2.46. The number of alkyl carbamates (subject to hydrolysis) is 1. The summed E-state index contributed by atoms with van der Waals surface area (Å²) >= 11 is 0. The molecule has 12 heteroatoms. The number of ether oxygens (including phenoxy) is 1. The summed E-state index contributed by atoms with van der Waals surface area (Å²) in [6.45, 7) is 2.56. The van der Waals surface area contributed by atoms with Crippen LogP contribution in [-0.4, -0.2) is 66.3 Å². The monoisotopic (exact) mass is 619 g/mol. The smallest absolute Gasteiger partial charge is 0.408 e. The molecule has 9 nitrogen and oxygen atoms in total. The number of benzene rings is 3. The van der Waals surface area contributed by atoms with E-state index in [9.17, 15) is 28.1 Å². The highest BCUT2D eigenvalue weighted by Crippen LogP contribution is 2.52. The van der Waals surface area contributed by atoms with E-state index in [1.54, 1.807) is 6.07 Å². The van der Waals surface area contributed by atoms with Crippen LogP contribution in [0.15, 0.2) is 78.9 Å². The highest BCUT2D eigenvalue weighted by atomic mass is 19.4. The van der Waals surface area contributed by atoms with Crippen LogP contribution >= 0.6 is 0 Å². The maximum atomic E-state index is 12.8. The minimum Gasteiger partial charge on any atom is -0.433 e. The van der Waals surface area contributed by atoms with Crippen LogP contribution in [0.25, 0.3) is 22.0 Å². The summed E-state index contributed by atoms with van der Waals surface area (Å²) in [6, 6.07) is 23.6. The van der Waals surface area contributed by atoms with Crippen LogP contribution in [0.3, 0.4) is 0 Å². The first kappa shape index (κ1) is 30.3. The largest absolute Gasteiger partial charge is 0.433 e. The molecule has 6 rings (SSSR count). The summed E-state index contributed by atoms with van der Waals surface area (Å²) in [5, 5.41) is 13.7. The molecule has 234 valence electrons. The molecule has 0 radical (unpaired) electrons. The fraction of sp³-hybridized carbons (Fsp3) is 0.333. The fourth-order valence-electron chi connectivity index (χ4n) is 6.38. The van der Waals surface area contributed by atoms with Crippen molar-refractivity contribution in [2.75, 3.05) is 44.2 Å². The minimum atomic E-state index is -4.55. The number of non-ortho nitro benzene ring substituents is 1. The van der Waals surface area contributed by atoms with Gasteiger partial charge < -0.3 is 15.0 Å². The van der Waals surface area contributed by atoms with Gasteiger partial charge in [-0.25, -0.2) is 9.78 Å². The predicted octanol–water partition coefficient (Wildman–Crippen LogP) is 6.65. The fourth-order valence-corrected chi connectivity index (χ4v) is 6.38. The maximum Gasteiger partial charge on any atom is 0.408 e. The van der Waals surface area contributed by atoms with Crippen LogP contribution in [0.4, 0.5) is 29.5 Å². The molecule has 0 spiro atoms. The van der Waals surface area contributed by atoms with Crippen LogP contribution in [0.2, 0.25) is 0 Å². The average Bonchev–Trinajstić information content (AvgIpc) is 3.31. The maximum absolute atomic E-state index is 12.8. The third kappa shape index (κ3) is 6.41. The Morgan fingerprint density at radius 1 is 0.933 bits per heavy atom. The van der Waals surface area contributed by atoms with Gasteiger partial charge in [-0.1, -0.05) is 48.5 Å². The lowest BCUT2D eigenvalue weighted by molar-refractivity contribution is -0.384. The average molecular weight is 620 g/mol. The Balaban J connectivity index is 1.09. The van der Waals surface area contributed by atoms with Crippen LogP contribution in [0, 0.1) is 10.1 Å². The molecule has 0 unspecified atom stereocenters. The molecule has 0 atom stereocenters. The molecule has 45 heavy (non-hydrogen) atoms. The molecule has 2 aliphatic rings. The van der Waals surface area contributed by atoms with Gasteiger partial charge in [-0.05, 0) is 55.1 Å². The molecular formula is C33H32F3N5O4. The third-order valence-electron chi connectivity index (χ3n) is 8.53. The third-order valence-corrected chi connectivity index (χ3v) is 8.53. The number of fused-ring (bicyclic) bond motifs is 4. The Morgan fingerprint density at radius 2 is 1.60 bits per heavy atom. The number of nitro groups is 1. The Morgan fingerprint density at radius 3 is 2.24 bits per heavy atom. The molecule has 1 aliphatic heterocycles. The molecule has 1 amide bonds. The van der Waals surface area contributed by atoms with Crippen LogP contribution in [-0.2, 0) is 10.3 Å². The number of alkyl halides is 3. The number of carbonyl (C=O) groups excluding carboxylic acids is 1. The van der Waals surface area contributed by atoms with Gasteiger partial charge >= 0.3 is 12.3 Å². The lowest BCUT2D eigenvalue weighted by Crippen LogP contribution is -2.47. The number of nitrogens with zero attached hydrogens (tertiary/aromatic N) is 4. The number of piperazine rings is 1. The van der Waals surface area contributed by atoms with Crippen molar-refractivity contribution in [2.24, 2.45) is 0 Å². The SMILES string of the molecule is O=C(NCC(F)(F)F)OC1(CCCCN2CCN(c3ccc4cc([N+](=O)[O-])ccc4n3)CC2)c2ccccc2-c2ccccc21. The zero-order valence-corrected chi connectivity index (χ0v) is 24.4. The van der Waals surface area contributed by atoms with E-state index in [2.05, 4.69) is 9.80 Å². The van der Waals surface area contributed by atoms with Crippen LogP contribution < -0.4 is 10.2 Å². The van der Waals surface area contributed by atoms with E-state index in [0.717, 1.165) is 72.6 Å². The number of amides is 1. The summed E-state index contributed by atoms with van der Waals surface area (Å²) in [5.74, 6) is 0.831. The number of halogens is 3. The van der Waals surface area contributed by atoms with Crippen molar-refractivity contribution in [3.8, 4) is 11.1 Å². The minimum absolute atomic E-state index is 0.0363. The second kappa shape index (κ2) is 12.4. The van der Waals surface area contributed by atoms with Crippen molar-refractivity contribution in [1.29, 1.82) is 0 Å². The van der Waals surface area contributed by atoms with Crippen molar-refractivity contribution >= 4 is 28.5 Å². The van der Waals surface area contributed by atoms with Crippen molar-refractivity contribution in [3.05, 3.63) is 100 Å². The molecule has 1 saturated heterocycles. The Hall–Kier alpha value is -4.71. The second-order valence-corrected chi connectivity index (χ2v) is 11.4. The van der Waals surface area contributed by atoms with E-state index in [1.165, 1.54) is 12.1 Å². The summed E-state index contributed by atoms with van der Waals surface area (Å²) in [6.07, 6.45) is -3.72. The predicted molar refractivity (Wildman–Crippen MR) is 164 cm³/mol. The Labute approximate surface area is 257 Å². The molecule has 1 fully saturated rings.